The molecule has 0 radical (unpaired) electrons. The van der Waals surface area contributed by atoms with Crippen molar-refractivity contribution in [2.24, 2.45) is 5.73 Å². The van der Waals surface area contributed by atoms with Crippen molar-refractivity contribution in [3.63, 3.8) is 0 Å². The molecule has 30 heavy (non-hydrogen) atoms. The van der Waals surface area contributed by atoms with Crippen LogP contribution in [0.15, 0.2) is 71.6 Å². The largest absolute Gasteiger partial charge is 0.366 e. The summed E-state index contributed by atoms with van der Waals surface area (Å²) in [6, 6.07) is 16.1. The fraction of sp³-hybridized carbons (Fsp3) is 0. The van der Waals surface area contributed by atoms with E-state index in [0.717, 1.165) is 0 Å². The zero-order chi connectivity index (χ0) is 21.9. The molecular formula is C20H15Cl2N3O4S. The van der Waals surface area contributed by atoms with Crippen LogP contribution in [-0.4, -0.2) is 20.2 Å². The number of halogens is 2. The number of carbonyl (C=O) groups excluding carboxylic acids is 2. The van der Waals surface area contributed by atoms with Gasteiger partial charge in [0.1, 0.15) is 4.90 Å². The quantitative estimate of drug-likeness (QED) is 0.508. The molecule has 0 unspecified atom stereocenters. The molecule has 0 aliphatic heterocycles. The number of rotatable bonds is 6. The van der Waals surface area contributed by atoms with Crippen molar-refractivity contribution < 1.29 is 18.0 Å². The van der Waals surface area contributed by atoms with Gasteiger partial charge in [-0.25, -0.2) is 8.42 Å². The van der Waals surface area contributed by atoms with Gasteiger partial charge in [-0.05, 0) is 60.7 Å². The number of nitrogens with two attached hydrogens (primary N) is 1. The molecule has 0 saturated carbocycles. The summed E-state index contributed by atoms with van der Waals surface area (Å²) < 4.78 is 27.7. The molecule has 3 rings (SSSR count). The maximum atomic E-state index is 12.6. The van der Waals surface area contributed by atoms with Gasteiger partial charge in [-0.15, -0.1) is 0 Å². The number of primary amides is 1. The number of nitrogens with one attached hydrogen (secondary N) is 2. The van der Waals surface area contributed by atoms with Crippen LogP contribution in [0, 0.1) is 0 Å². The fourth-order valence-corrected chi connectivity index (χ4v) is 4.35. The molecule has 2 amide bonds. The lowest BCUT2D eigenvalue weighted by Crippen LogP contribution is -2.16. The number of amides is 2. The molecule has 154 valence electrons. The van der Waals surface area contributed by atoms with Crippen molar-refractivity contribution in [1.82, 2.24) is 0 Å². The smallest absolute Gasteiger partial charge is 0.263 e. The highest BCUT2D eigenvalue weighted by Crippen LogP contribution is 2.27. The van der Waals surface area contributed by atoms with E-state index in [1.165, 1.54) is 66.7 Å². The third-order valence-electron chi connectivity index (χ3n) is 3.99. The third-order valence-corrected chi connectivity index (χ3v) is 6.08. The van der Waals surface area contributed by atoms with E-state index >= 15 is 0 Å². The average molecular weight is 464 g/mol. The average Bonchev–Trinajstić information content (AvgIpc) is 2.70. The fourth-order valence-electron chi connectivity index (χ4n) is 2.54. The molecule has 0 atom stereocenters. The van der Waals surface area contributed by atoms with Crippen molar-refractivity contribution in [1.29, 1.82) is 0 Å². The van der Waals surface area contributed by atoms with E-state index < -0.39 is 21.8 Å². The molecular weight excluding hydrogens is 449 g/mol. The van der Waals surface area contributed by atoms with Gasteiger partial charge in [-0.2, -0.15) is 0 Å². The predicted octanol–water partition coefficient (Wildman–Crippen LogP) is 4.15. The Balaban J connectivity index is 1.79. The van der Waals surface area contributed by atoms with Crippen molar-refractivity contribution >= 4 is 56.4 Å². The van der Waals surface area contributed by atoms with E-state index in [1.54, 1.807) is 0 Å². The summed E-state index contributed by atoms with van der Waals surface area (Å²) >= 11 is 11.8. The summed E-state index contributed by atoms with van der Waals surface area (Å²) in [7, 11) is -4.02. The molecule has 0 aliphatic carbocycles. The number of benzene rings is 3. The van der Waals surface area contributed by atoms with Gasteiger partial charge >= 0.3 is 0 Å². The molecule has 0 bridgehead atoms. The van der Waals surface area contributed by atoms with Crippen molar-refractivity contribution in [3.05, 3.63) is 87.9 Å². The van der Waals surface area contributed by atoms with Gasteiger partial charge in [0.25, 0.3) is 15.9 Å². The lowest BCUT2D eigenvalue weighted by Gasteiger charge is -2.11. The highest BCUT2D eigenvalue weighted by molar-refractivity contribution is 7.92. The number of hydrogen-bond donors (Lipinski definition) is 3. The van der Waals surface area contributed by atoms with Crippen LogP contribution in [0.1, 0.15) is 20.7 Å². The minimum Gasteiger partial charge on any atom is -0.366 e. The van der Waals surface area contributed by atoms with Crippen LogP contribution >= 0.6 is 23.2 Å². The van der Waals surface area contributed by atoms with E-state index in [0.29, 0.717) is 11.3 Å². The maximum absolute atomic E-state index is 12.6. The number of carbonyl (C=O) groups is 2. The van der Waals surface area contributed by atoms with Crippen LogP contribution in [-0.2, 0) is 10.0 Å². The highest BCUT2D eigenvalue weighted by atomic mass is 35.5. The Hall–Kier alpha value is -3.07. The lowest BCUT2D eigenvalue weighted by atomic mass is 10.1. The highest BCUT2D eigenvalue weighted by Gasteiger charge is 2.19. The molecule has 7 nitrogen and oxygen atoms in total. The lowest BCUT2D eigenvalue weighted by molar-refractivity contribution is 0.0998. The molecule has 4 N–H and O–H groups in total. The molecule has 0 heterocycles. The Kier molecular flexibility index (Phi) is 6.31. The first kappa shape index (κ1) is 21.6. The van der Waals surface area contributed by atoms with Crippen LogP contribution in [0.25, 0.3) is 0 Å². The SMILES string of the molecule is NC(=O)c1ccc(NC(=O)c2cccc(NS(=O)(=O)c3cc(Cl)ccc3Cl)c2)cc1. The van der Waals surface area contributed by atoms with Crippen molar-refractivity contribution in [3.8, 4) is 0 Å². The molecule has 10 heteroatoms. The Morgan fingerprint density at radius 2 is 1.53 bits per heavy atom. The zero-order valence-electron chi connectivity index (χ0n) is 15.2. The number of hydrogen-bond acceptors (Lipinski definition) is 4. The van der Waals surface area contributed by atoms with Gasteiger partial charge < -0.3 is 11.1 Å². The van der Waals surface area contributed by atoms with Gasteiger partial charge in [0.05, 0.1) is 5.02 Å². The Morgan fingerprint density at radius 1 is 0.833 bits per heavy atom. The maximum Gasteiger partial charge on any atom is 0.263 e. The summed E-state index contributed by atoms with van der Waals surface area (Å²) in [5, 5.41) is 2.89. The normalized spacial score (nSPS) is 11.0. The van der Waals surface area contributed by atoms with Crippen molar-refractivity contribution in [2.75, 3.05) is 10.0 Å². The summed E-state index contributed by atoms with van der Waals surface area (Å²) in [6.45, 7) is 0. The zero-order valence-corrected chi connectivity index (χ0v) is 17.6. The molecule has 0 saturated heterocycles. The standard InChI is InChI=1S/C20H15Cl2N3O4S/c21-14-6-9-17(22)18(11-14)30(28,29)25-16-3-1-2-13(10-16)20(27)24-15-7-4-12(5-8-15)19(23)26/h1-11,25H,(H2,23,26)(H,24,27). The second-order valence-corrected chi connectivity index (χ2v) is 8.65. The third kappa shape index (κ3) is 5.10. The number of anilines is 2. The molecule has 0 spiro atoms. The van der Waals surface area contributed by atoms with E-state index in [-0.39, 0.29) is 26.2 Å². The van der Waals surface area contributed by atoms with Gasteiger partial charge in [0, 0.05) is 27.5 Å². The van der Waals surface area contributed by atoms with Crippen molar-refractivity contribution in [2.45, 2.75) is 4.90 Å². The second kappa shape index (κ2) is 8.74. The van der Waals surface area contributed by atoms with Gasteiger partial charge in [-0.1, -0.05) is 29.3 Å². The molecule has 0 aromatic heterocycles. The first-order valence-electron chi connectivity index (χ1n) is 8.45. The minimum absolute atomic E-state index is 0.0141. The first-order valence-corrected chi connectivity index (χ1v) is 10.7. The van der Waals surface area contributed by atoms with Gasteiger partial charge in [-0.3, -0.25) is 14.3 Å². The minimum atomic E-state index is -4.02. The van der Waals surface area contributed by atoms with Gasteiger partial charge in [0.15, 0.2) is 0 Å². The van der Waals surface area contributed by atoms with Crippen LogP contribution in [0.4, 0.5) is 11.4 Å². The van der Waals surface area contributed by atoms with E-state index in [4.69, 9.17) is 28.9 Å². The topological polar surface area (TPSA) is 118 Å². The summed E-state index contributed by atoms with van der Waals surface area (Å²) in [6.07, 6.45) is 0. The van der Waals surface area contributed by atoms with E-state index in [2.05, 4.69) is 10.0 Å². The summed E-state index contributed by atoms with van der Waals surface area (Å²) in [5.41, 5.74) is 6.32. The Morgan fingerprint density at radius 3 is 2.20 bits per heavy atom. The van der Waals surface area contributed by atoms with E-state index in [9.17, 15) is 18.0 Å². The Bertz CT molecular complexity index is 1230. The molecule has 3 aromatic rings. The Labute approximate surface area is 182 Å². The van der Waals surface area contributed by atoms with Gasteiger partial charge in [0.2, 0.25) is 5.91 Å². The summed E-state index contributed by atoms with van der Waals surface area (Å²) in [4.78, 5) is 23.4. The molecule has 3 aromatic carbocycles. The van der Waals surface area contributed by atoms with E-state index in [1.807, 2.05) is 0 Å². The van der Waals surface area contributed by atoms with Crippen LogP contribution in [0.2, 0.25) is 10.0 Å². The molecule has 0 fully saturated rings. The first-order chi connectivity index (χ1) is 14.2. The summed E-state index contributed by atoms with van der Waals surface area (Å²) in [5.74, 6) is -1.05. The second-order valence-electron chi connectivity index (χ2n) is 6.16. The van der Waals surface area contributed by atoms with Crippen LogP contribution < -0.4 is 15.8 Å². The predicted molar refractivity (Wildman–Crippen MR) is 117 cm³/mol. The van der Waals surface area contributed by atoms with Crippen LogP contribution in [0.3, 0.4) is 0 Å². The molecule has 0 aliphatic rings. The number of sulfonamides is 1. The monoisotopic (exact) mass is 463 g/mol. The van der Waals surface area contributed by atoms with Crippen LogP contribution in [0.5, 0.6) is 0 Å².